The number of rotatable bonds is 4. The number of nitrogens with zero attached hydrogens (tertiary/aromatic N) is 2. The molecule has 19 heavy (non-hydrogen) atoms. The highest BCUT2D eigenvalue weighted by Crippen LogP contribution is 2.15. The quantitative estimate of drug-likeness (QED) is 0.748. The van der Waals surface area contributed by atoms with Crippen molar-refractivity contribution in [3.63, 3.8) is 0 Å². The number of nitrogens with one attached hydrogen (secondary N) is 2. The normalized spacial score (nSPS) is 10.3. The van der Waals surface area contributed by atoms with Crippen molar-refractivity contribution < 1.29 is 0 Å². The third-order valence-electron chi connectivity index (χ3n) is 2.83. The fourth-order valence-electron chi connectivity index (χ4n) is 1.86. The zero-order valence-corrected chi connectivity index (χ0v) is 10.4. The summed E-state index contributed by atoms with van der Waals surface area (Å²) in [6, 6.07) is 14.0. The predicted octanol–water partition coefficient (Wildman–Crippen LogP) is 3.08. The summed E-state index contributed by atoms with van der Waals surface area (Å²) < 4.78 is 0. The number of aromatic nitrogens is 3. The Kier molecular flexibility index (Phi) is 3.23. The highest BCUT2D eigenvalue weighted by molar-refractivity contribution is 5.56. The molecule has 1 aromatic carbocycles. The van der Waals surface area contributed by atoms with E-state index in [4.69, 9.17) is 0 Å². The SMILES string of the molecule is c1ccc(NCc2ncc(-c3cccnc3)[nH]2)cc1. The Balaban J connectivity index is 1.69. The predicted molar refractivity (Wildman–Crippen MR) is 75.6 cm³/mol. The summed E-state index contributed by atoms with van der Waals surface area (Å²) in [5.74, 6) is 0.905. The van der Waals surface area contributed by atoms with Gasteiger partial charge >= 0.3 is 0 Å². The fourth-order valence-corrected chi connectivity index (χ4v) is 1.86. The molecular formula is C15H14N4. The van der Waals surface area contributed by atoms with E-state index < -0.39 is 0 Å². The van der Waals surface area contributed by atoms with Gasteiger partial charge in [0.2, 0.25) is 0 Å². The van der Waals surface area contributed by atoms with Gasteiger partial charge in [0.1, 0.15) is 5.82 Å². The van der Waals surface area contributed by atoms with E-state index in [-0.39, 0.29) is 0 Å². The molecule has 0 spiro atoms. The van der Waals surface area contributed by atoms with Crippen molar-refractivity contribution in [3.05, 3.63) is 66.9 Å². The Morgan fingerprint density at radius 2 is 1.89 bits per heavy atom. The maximum atomic E-state index is 4.36. The van der Waals surface area contributed by atoms with Crippen LogP contribution in [0.3, 0.4) is 0 Å². The lowest BCUT2D eigenvalue weighted by molar-refractivity contribution is 1.00. The van der Waals surface area contributed by atoms with Crippen molar-refractivity contribution in [1.82, 2.24) is 15.0 Å². The van der Waals surface area contributed by atoms with Gasteiger partial charge in [-0.15, -0.1) is 0 Å². The molecule has 0 aliphatic rings. The highest BCUT2D eigenvalue weighted by Gasteiger charge is 2.02. The van der Waals surface area contributed by atoms with Gasteiger partial charge in [-0.3, -0.25) is 4.98 Å². The molecule has 2 heterocycles. The van der Waals surface area contributed by atoms with Crippen LogP contribution in [0.25, 0.3) is 11.3 Å². The first-order valence-electron chi connectivity index (χ1n) is 6.15. The van der Waals surface area contributed by atoms with Gasteiger partial charge in [0.15, 0.2) is 0 Å². The lowest BCUT2D eigenvalue weighted by Gasteiger charge is -2.03. The van der Waals surface area contributed by atoms with Crippen LogP contribution < -0.4 is 5.32 Å². The molecule has 0 aliphatic carbocycles. The van der Waals surface area contributed by atoms with Crippen molar-refractivity contribution >= 4 is 5.69 Å². The van der Waals surface area contributed by atoms with Crippen molar-refractivity contribution in [2.24, 2.45) is 0 Å². The number of pyridine rings is 1. The van der Waals surface area contributed by atoms with Crippen LogP contribution in [0.2, 0.25) is 0 Å². The molecule has 2 N–H and O–H groups in total. The van der Waals surface area contributed by atoms with E-state index in [9.17, 15) is 0 Å². The van der Waals surface area contributed by atoms with Gasteiger partial charge < -0.3 is 10.3 Å². The van der Waals surface area contributed by atoms with Gasteiger partial charge in [-0.25, -0.2) is 4.98 Å². The number of para-hydroxylation sites is 1. The smallest absolute Gasteiger partial charge is 0.125 e. The van der Waals surface area contributed by atoms with Crippen LogP contribution in [-0.4, -0.2) is 15.0 Å². The second-order valence-corrected chi connectivity index (χ2v) is 4.20. The molecular weight excluding hydrogens is 236 g/mol. The second-order valence-electron chi connectivity index (χ2n) is 4.20. The molecule has 0 atom stereocenters. The van der Waals surface area contributed by atoms with E-state index in [1.54, 1.807) is 6.20 Å². The topological polar surface area (TPSA) is 53.6 Å². The fraction of sp³-hybridized carbons (Fsp3) is 0.0667. The summed E-state index contributed by atoms with van der Waals surface area (Å²) in [4.78, 5) is 11.7. The van der Waals surface area contributed by atoms with E-state index in [0.717, 1.165) is 22.8 Å². The summed E-state index contributed by atoms with van der Waals surface area (Å²) in [7, 11) is 0. The third-order valence-corrected chi connectivity index (χ3v) is 2.83. The summed E-state index contributed by atoms with van der Waals surface area (Å²) >= 11 is 0. The largest absolute Gasteiger partial charge is 0.378 e. The first-order chi connectivity index (χ1) is 9.42. The van der Waals surface area contributed by atoms with Gasteiger partial charge in [-0.1, -0.05) is 18.2 Å². The Morgan fingerprint density at radius 3 is 2.68 bits per heavy atom. The lowest BCUT2D eigenvalue weighted by atomic mass is 10.2. The van der Waals surface area contributed by atoms with E-state index in [0.29, 0.717) is 6.54 Å². The lowest BCUT2D eigenvalue weighted by Crippen LogP contribution is -2.00. The summed E-state index contributed by atoms with van der Waals surface area (Å²) in [6.07, 6.45) is 5.42. The van der Waals surface area contributed by atoms with Crippen LogP contribution in [0.4, 0.5) is 5.69 Å². The minimum atomic E-state index is 0.671. The number of benzene rings is 1. The molecule has 4 heteroatoms. The van der Waals surface area contributed by atoms with E-state index in [2.05, 4.69) is 20.3 Å². The molecule has 0 aliphatic heterocycles. The van der Waals surface area contributed by atoms with Crippen molar-refractivity contribution in [1.29, 1.82) is 0 Å². The first-order valence-corrected chi connectivity index (χ1v) is 6.15. The maximum Gasteiger partial charge on any atom is 0.125 e. The van der Waals surface area contributed by atoms with Crippen LogP contribution in [0, 0.1) is 0 Å². The Hall–Kier alpha value is -2.62. The molecule has 0 radical (unpaired) electrons. The number of anilines is 1. The molecule has 3 aromatic rings. The zero-order valence-electron chi connectivity index (χ0n) is 10.4. The van der Waals surface area contributed by atoms with Crippen LogP contribution in [-0.2, 0) is 6.54 Å². The Morgan fingerprint density at radius 1 is 1.00 bits per heavy atom. The van der Waals surface area contributed by atoms with Gasteiger partial charge in [-0.05, 0) is 24.3 Å². The van der Waals surface area contributed by atoms with Gasteiger partial charge in [0, 0.05) is 23.6 Å². The molecule has 0 bridgehead atoms. The number of hydrogen-bond acceptors (Lipinski definition) is 3. The van der Waals surface area contributed by atoms with E-state index in [1.807, 2.05) is 54.9 Å². The van der Waals surface area contributed by atoms with Crippen LogP contribution in [0.5, 0.6) is 0 Å². The van der Waals surface area contributed by atoms with Gasteiger partial charge in [-0.2, -0.15) is 0 Å². The van der Waals surface area contributed by atoms with E-state index in [1.165, 1.54) is 0 Å². The molecule has 0 unspecified atom stereocenters. The second kappa shape index (κ2) is 5.35. The molecule has 0 saturated heterocycles. The zero-order chi connectivity index (χ0) is 12.9. The van der Waals surface area contributed by atoms with Crippen molar-refractivity contribution in [3.8, 4) is 11.3 Å². The number of imidazole rings is 1. The molecule has 0 saturated carbocycles. The molecule has 2 aromatic heterocycles. The average Bonchev–Trinajstić information content (AvgIpc) is 2.96. The minimum absolute atomic E-state index is 0.671. The Bertz CT molecular complexity index is 632. The first kappa shape index (κ1) is 11.5. The number of hydrogen-bond donors (Lipinski definition) is 2. The molecule has 4 nitrogen and oxygen atoms in total. The van der Waals surface area contributed by atoms with Crippen LogP contribution >= 0.6 is 0 Å². The molecule has 0 fully saturated rings. The third kappa shape index (κ3) is 2.80. The van der Waals surface area contributed by atoms with Crippen LogP contribution in [0.1, 0.15) is 5.82 Å². The number of aromatic amines is 1. The summed E-state index contributed by atoms with van der Waals surface area (Å²) in [5, 5.41) is 3.32. The van der Waals surface area contributed by atoms with Crippen molar-refractivity contribution in [2.45, 2.75) is 6.54 Å². The van der Waals surface area contributed by atoms with Gasteiger partial charge in [0.25, 0.3) is 0 Å². The van der Waals surface area contributed by atoms with Crippen molar-refractivity contribution in [2.75, 3.05) is 5.32 Å². The average molecular weight is 250 g/mol. The van der Waals surface area contributed by atoms with Gasteiger partial charge in [0.05, 0.1) is 18.4 Å². The summed E-state index contributed by atoms with van der Waals surface area (Å²) in [5.41, 5.74) is 3.11. The monoisotopic (exact) mass is 250 g/mol. The van der Waals surface area contributed by atoms with E-state index >= 15 is 0 Å². The molecule has 0 amide bonds. The molecule has 3 rings (SSSR count). The molecule has 94 valence electrons. The van der Waals surface area contributed by atoms with Crippen LogP contribution in [0.15, 0.2) is 61.1 Å². The Labute approximate surface area is 111 Å². The summed E-state index contributed by atoms with van der Waals surface area (Å²) in [6.45, 7) is 0.671. The number of H-pyrrole nitrogens is 1. The maximum absolute atomic E-state index is 4.36. The minimum Gasteiger partial charge on any atom is -0.378 e. The standard InChI is InChI=1S/C15H14N4/c1-2-6-13(7-3-1)17-11-15-18-10-14(19-15)12-5-4-8-16-9-12/h1-10,17H,11H2,(H,18,19). The highest BCUT2D eigenvalue weighted by atomic mass is 15.0.